The van der Waals surface area contributed by atoms with Crippen LogP contribution in [0.5, 0.6) is 0 Å². The molecule has 0 aromatic carbocycles. The van der Waals surface area contributed by atoms with Crippen molar-refractivity contribution in [1.82, 2.24) is 9.88 Å². The Hall–Kier alpha value is -2.13. The summed E-state index contributed by atoms with van der Waals surface area (Å²) in [7, 11) is 3.36. The Morgan fingerprint density at radius 3 is 2.84 bits per heavy atom. The van der Waals surface area contributed by atoms with E-state index in [0.29, 0.717) is 31.8 Å². The maximum Gasteiger partial charge on any atom is 0.272 e. The van der Waals surface area contributed by atoms with Gasteiger partial charge in [-0.15, -0.1) is 0 Å². The summed E-state index contributed by atoms with van der Waals surface area (Å²) in [5.41, 5.74) is 1.21. The van der Waals surface area contributed by atoms with Gasteiger partial charge < -0.3 is 15.0 Å². The van der Waals surface area contributed by atoms with Crippen molar-refractivity contribution in [1.29, 1.82) is 5.26 Å². The van der Waals surface area contributed by atoms with E-state index >= 15 is 0 Å². The van der Waals surface area contributed by atoms with Gasteiger partial charge in [-0.1, -0.05) is 0 Å². The van der Waals surface area contributed by atoms with E-state index in [1.807, 2.05) is 6.07 Å². The number of carbonyl (C=O) groups excluding carboxylic acids is 1. The van der Waals surface area contributed by atoms with Crippen LogP contribution in [-0.4, -0.2) is 49.6 Å². The van der Waals surface area contributed by atoms with E-state index in [9.17, 15) is 4.79 Å². The number of nitriles is 1. The molecule has 0 atom stereocenters. The Balaban J connectivity index is 2.75. The fourth-order valence-corrected chi connectivity index (χ4v) is 1.53. The molecule has 0 aliphatic carbocycles. The molecule has 0 bridgehead atoms. The van der Waals surface area contributed by atoms with Crippen LogP contribution in [0.2, 0.25) is 0 Å². The molecule has 1 aromatic heterocycles. The van der Waals surface area contributed by atoms with Crippen LogP contribution in [-0.2, 0) is 4.74 Å². The number of pyridine rings is 1. The van der Waals surface area contributed by atoms with Crippen molar-refractivity contribution in [2.45, 2.75) is 6.42 Å². The van der Waals surface area contributed by atoms with Gasteiger partial charge in [0.25, 0.3) is 5.91 Å². The second-order valence-corrected chi connectivity index (χ2v) is 3.88. The zero-order valence-corrected chi connectivity index (χ0v) is 11.2. The lowest BCUT2D eigenvalue weighted by atomic mass is 10.2. The van der Waals surface area contributed by atoms with Gasteiger partial charge in [-0.25, -0.2) is 4.98 Å². The van der Waals surface area contributed by atoms with Gasteiger partial charge in [0.1, 0.15) is 5.69 Å². The molecular weight excluding hydrogens is 244 g/mol. The molecule has 0 saturated carbocycles. The Labute approximate surface area is 113 Å². The van der Waals surface area contributed by atoms with Crippen molar-refractivity contribution in [3.05, 3.63) is 24.0 Å². The Bertz CT molecular complexity index is 439. The fraction of sp³-hybridized carbons (Fsp3) is 0.462. The number of anilines is 1. The van der Waals surface area contributed by atoms with Crippen molar-refractivity contribution in [3.8, 4) is 6.07 Å². The first-order valence-electron chi connectivity index (χ1n) is 6.02. The van der Waals surface area contributed by atoms with E-state index in [0.717, 1.165) is 5.69 Å². The molecule has 1 N–H and O–H groups in total. The number of amides is 1. The lowest BCUT2D eigenvalue weighted by Crippen LogP contribution is -2.35. The number of hydrogen-bond donors (Lipinski definition) is 1. The Morgan fingerprint density at radius 1 is 1.53 bits per heavy atom. The lowest BCUT2D eigenvalue weighted by molar-refractivity contribution is 0.0694. The molecule has 0 spiro atoms. The minimum Gasteiger partial charge on any atom is -0.387 e. The monoisotopic (exact) mass is 262 g/mol. The Morgan fingerprint density at radius 2 is 2.32 bits per heavy atom. The SMILES string of the molecule is CNc1ccc(C(=O)N(CCC#N)CCOC)nc1. The van der Waals surface area contributed by atoms with Crippen LogP contribution >= 0.6 is 0 Å². The predicted molar refractivity (Wildman–Crippen MR) is 71.8 cm³/mol. The molecule has 1 rings (SSSR count). The summed E-state index contributed by atoms with van der Waals surface area (Å²) in [4.78, 5) is 17.9. The van der Waals surface area contributed by atoms with E-state index in [4.69, 9.17) is 10.00 Å². The van der Waals surface area contributed by atoms with E-state index < -0.39 is 0 Å². The molecule has 1 amide bonds. The number of hydrogen-bond acceptors (Lipinski definition) is 5. The average molecular weight is 262 g/mol. The first-order chi connectivity index (χ1) is 9.22. The van der Waals surface area contributed by atoms with Gasteiger partial charge in [0.15, 0.2) is 0 Å². The molecule has 0 aliphatic heterocycles. The van der Waals surface area contributed by atoms with Crippen molar-refractivity contribution >= 4 is 11.6 Å². The highest BCUT2D eigenvalue weighted by atomic mass is 16.5. The maximum absolute atomic E-state index is 12.2. The van der Waals surface area contributed by atoms with Crippen molar-refractivity contribution in [2.24, 2.45) is 0 Å². The molecule has 0 unspecified atom stereocenters. The first-order valence-corrected chi connectivity index (χ1v) is 6.02. The van der Waals surface area contributed by atoms with Crippen LogP contribution < -0.4 is 5.32 Å². The number of nitrogens with zero attached hydrogens (tertiary/aromatic N) is 3. The number of methoxy groups -OCH3 is 1. The molecule has 6 heteroatoms. The lowest BCUT2D eigenvalue weighted by Gasteiger charge is -2.20. The molecule has 0 radical (unpaired) electrons. The van der Waals surface area contributed by atoms with Crippen LogP contribution in [0.4, 0.5) is 5.69 Å². The predicted octanol–water partition coefficient (Wildman–Crippen LogP) is 1.13. The summed E-state index contributed by atoms with van der Waals surface area (Å²) in [6, 6.07) is 5.49. The van der Waals surface area contributed by atoms with Gasteiger partial charge >= 0.3 is 0 Å². The van der Waals surface area contributed by atoms with Gasteiger partial charge in [-0.05, 0) is 12.1 Å². The van der Waals surface area contributed by atoms with Gasteiger partial charge in [0.2, 0.25) is 0 Å². The smallest absolute Gasteiger partial charge is 0.272 e. The van der Waals surface area contributed by atoms with Gasteiger partial charge in [0.05, 0.1) is 31.0 Å². The highest BCUT2D eigenvalue weighted by Crippen LogP contribution is 2.08. The zero-order valence-electron chi connectivity index (χ0n) is 11.2. The third kappa shape index (κ3) is 4.56. The number of carbonyl (C=O) groups is 1. The summed E-state index contributed by atoms with van der Waals surface area (Å²) in [6.45, 7) is 1.27. The van der Waals surface area contributed by atoms with Crippen LogP contribution in [0, 0.1) is 11.3 Å². The molecular formula is C13H18N4O2. The van der Waals surface area contributed by atoms with E-state index in [1.165, 1.54) is 0 Å². The van der Waals surface area contributed by atoms with Crippen LogP contribution in [0.1, 0.15) is 16.9 Å². The molecule has 1 aromatic rings. The summed E-state index contributed by atoms with van der Waals surface area (Å²) in [5, 5.41) is 11.6. The third-order valence-corrected chi connectivity index (χ3v) is 2.62. The Kier molecular flexibility index (Phi) is 6.33. The molecule has 19 heavy (non-hydrogen) atoms. The average Bonchev–Trinajstić information content (AvgIpc) is 2.47. The van der Waals surface area contributed by atoms with Crippen LogP contribution in [0.15, 0.2) is 18.3 Å². The maximum atomic E-state index is 12.2. The van der Waals surface area contributed by atoms with Crippen molar-refractivity contribution in [3.63, 3.8) is 0 Å². The van der Waals surface area contributed by atoms with Gasteiger partial charge in [0, 0.05) is 27.2 Å². The molecule has 0 fully saturated rings. The highest BCUT2D eigenvalue weighted by Gasteiger charge is 2.16. The summed E-state index contributed by atoms with van der Waals surface area (Å²) < 4.78 is 4.97. The van der Waals surface area contributed by atoms with Gasteiger partial charge in [-0.3, -0.25) is 4.79 Å². The zero-order chi connectivity index (χ0) is 14.1. The largest absolute Gasteiger partial charge is 0.387 e. The third-order valence-electron chi connectivity index (χ3n) is 2.62. The molecule has 0 saturated heterocycles. The molecule has 6 nitrogen and oxygen atoms in total. The fourth-order valence-electron chi connectivity index (χ4n) is 1.53. The van der Waals surface area contributed by atoms with E-state index in [2.05, 4.69) is 10.3 Å². The number of ether oxygens (including phenoxy) is 1. The first kappa shape index (κ1) is 14.9. The molecule has 1 heterocycles. The second-order valence-electron chi connectivity index (χ2n) is 3.88. The molecule has 102 valence electrons. The summed E-state index contributed by atoms with van der Waals surface area (Å²) in [5.74, 6) is -0.185. The summed E-state index contributed by atoms with van der Waals surface area (Å²) >= 11 is 0. The minimum atomic E-state index is -0.185. The second kappa shape index (κ2) is 8.06. The van der Waals surface area contributed by atoms with Crippen molar-refractivity contribution in [2.75, 3.05) is 39.2 Å². The van der Waals surface area contributed by atoms with Crippen LogP contribution in [0.3, 0.4) is 0 Å². The topological polar surface area (TPSA) is 78.2 Å². The van der Waals surface area contributed by atoms with Crippen molar-refractivity contribution < 1.29 is 9.53 Å². The van der Waals surface area contributed by atoms with E-state index in [1.54, 1.807) is 37.4 Å². The quantitative estimate of drug-likeness (QED) is 0.796. The summed E-state index contributed by atoms with van der Waals surface area (Å²) in [6.07, 6.45) is 1.90. The number of rotatable bonds is 7. The normalized spacial score (nSPS) is 9.74. The van der Waals surface area contributed by atoms with Gasteiger partial charge in [-0.2, -0.15) is 5.26 Å². The van der Waals surface area contributed by atoms with Crippen LogP contribution in [0.25, 0.3) is 0 Å². The number of aromatic nitrogens is 1. The van der Waals surface area contributed by atoms with E-state index in [-0.39, 0.29) is 5.91 Å². The number of nitrogens with one attached hydrogen (secondary N) is 1. The minimum absolute atomic E-state index is 0.185. The molecule has 0 aliphatic rings. The highest BCUT2D eigenvalue weighted by molar-refractivity contribution is 5.92. The standard InChI is InChI=1S/C13H18N4O2/c1-15-11-4-5-12(16-10-11)13(18)17(7-3-6-14)8-9-19-2/h4-5,10,15H,3,7-9H2,1-2H3.